The number of hydrogen-bond acceptors (Lipinski definition) is 2. The minimum atomic E-state index is -0.445. The Morgan fingerprint density at radius 2 is 1.93 bits per heavy atom. The lowest BCUT2D eigenvalue weighted by atomic mass is 10.1. The van der Waals surface area contributed by atoms with Crippen molar-refractivity contribution in [2.24, 2.45) is 0 Å². The zero-order chi connectivity index (χ0) is 10.6. The Morgan fingerprint density at radius 1 is 1.29 bits per heavy atom. The molecule has 1 rings (SSSR count). The molecule has 0 heterocycles. The van der Waals surface area contributed by atoms with Crippen molar-refractivity contribution < 1.29 is 9.84 Å². The van der Waals surface area contributed by atoms with Gasteiger partial charge in [0.1, 0.15) is 11.9 Å². The number of para-hydroxylation sites is 1. The summed E-state index contributed by atoms with van der Waals surface area (Å²) in [6, 6.07) is 7.93. The van der Waals surface area contributed by atoms with Gasteiger partial charge in [0.15, 0.2) is 0 Å². The van der Waals surface area contributed by atoms with E-state index in [9.17, 15) is 5.11 Å². The number of aliphatic hydroxyl groups is 1. The quantitative estimate of drug-likeness (QED) is 0.797. The van der Waals surface area contributed by atoms with Crippen molar-refractivity contribution in [1.29, 1.82) is 0 Å². The molecular formula is C12H18O2. The van der Waals surface area contributed by atoms with E-state index in [0.717, 1.165) is 12.2 Å². The highest BCUT2D eigenvalue weighted by Crippen LogP contribution is 2.20. The van der Waals surface area contributed by atoms with Gasteiger partial charge in [0.2, 0.25) is 0 Å². The van der Waals surface area contributed by atoms with E-state index in [4.69, 9.17) is 4.74 Å². The van der Waals surface area contributed by atoms with Crippen molar-refractivity contribution in [1.82, 2.24) is 0 Å². The first-order valence-corrected chi connectivity index (χ1v) is 5.07. The number of rotatable bonds is 4. The molecule has 2 atom stereocenters. The fourth-order valence-corrected chi connectivity index (χ4v) is 1.21. The van der Waals surface area contributed by atoms with E-state index in [0.29, 0.717) is 0 Å². The first-order chi connectivity index (χ1) is 6.65. The lowest BCUT2D eigenvalue weighted by Gasteiger charge is -2.19. The molecule has 0 aliphatic heterocycles. The molecule has 1 N–H and O–H groups in total. The van der Waals surface area contributed by atoms with Crippen LogP contribution in [-0.2, 0) is 6.42 Å². The second-order valence-corrected chi connectivity index (χ2v) is 3.52. The van der Waals surface area contributed by atoms with Crippen LogP contribution < -0.4 is 4.74 Å². The summed E-state index contributed by atoms with van der Waals surface area (Å²) in [6.45, 7) is 5.70. The minimum Gasteiger partial charge on any atom is -0.488 e. The Morgan fingerprint density at radius 3 is 2.50 bits per heavy atom. The molecule has 2 unspecified atom stereocenters. The molecular weight excluding hydrogens is 176 g/mol. The normalized spacial score (nSPS) is 14.9. The molecule has 2 nitrogen and oxygen atoms in total. The summed E-state index contributed by atoms with van der Waals surface area (Å²) in [7, 11) is 0. The second kappa shape index (κ2) is 5.01. The van der Waals surface area contributed by atoms with Crippen LogP contribution in [0.15, 0.2) is 24.3 Å². The van der Waals surface area contributed by atoms with Crippen LogP contribution in [0.3, 0.4) is 0 Å². The van der Waals surface area contributed by atoms with Gasteiger partial charge in [0.25, 0.3) is 0 Å². The Labute approximate surface area is 85.5 Å². The molecule has 0 aliphatic rings. The van der Waals surface area contributed by atoms with Gasteiger partial charge in [-0.1, -0.05) is 25.1 Å². The van der Waals surface area contributed by atoms with Gasteiger partial charge in [-0.3, -0.25) is 0 Å². The number of hydrogen-bond donors (Lipinski definition) is 1. The minimum absolute atomic E-state index is 0.164. The molecule has 0 aromatic heterocycles. The number of aliphatic hydroxyl groups excluding tert-OH is 1. The highest BCUT2D eigenvalue weighted by atomic mass is 16.5. The molecule has 0 radical (unpaired) electrons. The van der Waals surface area contributed by atoms with E-state index in [2.05, 4.69) is 6.92 Å². The summed E-state index contributed by atoms with van der Waals surface area (Å²) in [5.74, 6) is 0.878. The zero-order valence-electron chi connectivity index (χ0n) is 9.03. The van der Waals surface area contributed by atoms with Crippen LogP contribution in [0.2, 0.25) is 0 Å². The van der Waals surface area contributed by atoms with Gasteiger partial charge >= 0.3 is 0 Å². The molecule has 78 valence electrons. The molecule has 0 saturated carbocycles. The Kier molecular flexibility index (Phi) is 3.96. The largest absolute Gasteiger partial charge is 0.488 e. The van der Waals surface area contributed by atoms with Crippen molar-refractivity contribution in [2.75, 3.05) is 0 Å². The van der Waals surface area contributed by atoms with E-state index >= 15 is 0 Å². The van der Waals surface area contributed by atoms with Crippen molar-refractivity contribution in [3.63, 3.8) is 0 Å². The van der Waals surface area contributed by atoms with Crippen molar-refractivity contribution >= 4 is 0 Å². The topological polar surface area (TPSA) is 29.5 Å². The van der Waals surface area contributed by atoms with E-state index in [1.807, 2.05) is 31.2 Å². The van der Waals surface area contributed by atoms with E-state index < -0.39 is 6.10 Å². The summed E-state index contributed by atoms with van der Waals surface area (Å²) in [5.41, 5.74) is 1.18. The maximum Gasteiger partial charge on any atom is 0.123 e. The summed E-state index contributed by atoms with van der Waals surface area (Å²) < 4.78 is 5.65. The van der Waals surface area contributed by atoms with Gasteiger partial charge in [-0.2, -0.15) is 0 Å². The second-order valence-electron chi connectivity index (χ2n) is 3.52. The Balaban J connectivity index is 2.75. The predicted molar refractivity (Wildman–Crippen MR) is 57.6 cm³/mol. The summed E-state index contributed by atoms with van der Waals surface area (Å²) in [6.07, 6.45) is 0.338. The average Bonchev–Trinajstić information content (AvgIpc) is 2.18. The van der Waals surface area contributed by atoms with Crippen molar-refractivity contribution in [2.45, 2.75) is 39.4 Å². The van der Waals surface area contributed by atoms with Crippen molar-refractivity contribution in [3.8, 4) is 5.75 Å². The summed E-state index contributed by atoms with van der Waals surface area (Å²) >= 11 is 0. The van der Waals surface area contributed by atoms with Gasteiger partial charge in [0, 0.05) is 0 Å². The number of ether oxygens (including phenoxy) is 1. The van der Waals surface area contributed by atoms with Gasteiger partial charge in [-0.15, -0.1) is 0 Å². The van der Waals surface area contributed by atoms with Crippen LogP contribution in [-0.4, -0.2) is 17.3 Å². The smallest absolute Gasteiger partial charge is 0.123 e. The highest BCUT2D eigenvalue weighted by Gasteiger charge is 2.11. The standard InChI is InChI=1S/C12H18O2/c1-4-11-7-5-6-8-12(11)14-10(3)9(2)13/h5-10,13H,4H2,1-3H3. The van der Waals surface area contributed by atoms with Crippen molar-refractivity contribution in [3.05, 3.63) is 29.8 Å². The molecule has 2 heteroatoms. The monoisotopic (exact) mass is 194 g/mol. The molecule has 0 amide bonds. The molecule has 0 saturated heterocycles. The maximum absolute atomic E-state index is 9.32. The van der Waals surface area contributed by atoms with Gasteiger partial charge < -0.3 is 9.84 Å². The fourth-order valence-electron chi connectivity index (χ4n) is 1.21. The maximum atomic E-state index is 9.32. The van der Waals surface area contributed by atoms with Crippen LogP contribution in [0, 0.1) is 0 Å². The highest BCUT2D eigenvalue weighted by molar-refractivity contribution is 5.33. The Hall–Kier alpha value is -1.02. The van der Waals surface area contributed by atoms with Crippen LogP contribution >= 0.6 is 0 Å². The third-order valence-electron chi connectivity index (χ3n) is 2.35. The van der Waals surface area contributed by atoms with Crippen LogP contribution in [0.25, 0.3) is 0 Å². The van der Waals surface area contributed by atoms with Gasteiger partial charge in [-0.25, -0.2) is 0 Å². The van der Waals surface area contributed by atoms with Gasteiger partial charge in [0.05, 0.1) is 6.10 Å². The predicted octanol–water partition coefficient (Wildman–Crippen LogP) is 2.40. The number of aryl methyl sites for hydroxylation is 1. The third-order valence-corrected chi connectivity index (χ3v) is 2.35. The molecule has 1 aromatic rings. The zero-order valence-corrected chi connectivity index (χ0v) is 9.03. The molecule has 0 spiro atoms. The number of benzene rings is 1. The summed E-state index contributed by atoms with van der Waals surface area (Å²) in [4.78, 5) is 0. The molecule has 14 heavy (non-hydrogen) atoms. The van der Waals surface area contributed by atoms with Gasteiger partial charge in [-0.05, 0) is 31.9 Å². The first-order valence-electron chi connectivity index (χ1n) is 5.07. The van der Waals surface area contributed by atoms with E-state index in [1.165, 1.54) is 5.56 Å². The summed E-state index contributed by atoms with van der Waals surface area (Å²) in [5, 5.41) is 9.32. The Bertz CT molecular complexity index is 281. The molecule has 0 fully saturated rings. The third kappa shape index (κ3) is 2.74. The lowest BCUT2D eigenvalue weighted by molar-refractivity contribution is 0.0598. The molecule has 1 aromatic carbocycles. The van der Waals surface area contributed by atoms with Crippen LogP contribution in [0.5, 0.6) is 5.75 Å². The molecule has 0 bridgehead atoms. The SMILES string of the molecule is CCc1ccccc1OC(C)C(C)O. The van der Waals surface area contributed by atoms with E-state index in [1.54, 1.807) is 6.92 Å². The van der Waals surface area contributed by atoms with E-state index in [-0.39, 0.29) is 6.10 Å². The first kappa shape index (κ1) is 11.1. The van der Waals surface area contributed by atoms with Crippen LogP contribution in [0.4, 0.5) is 0 Å². The fraction of sp³-hybridized carbons (Fsp3) is 0.500. The van der Waals surface area contributed by atoms with Crippen LogP contribution in [0.1, 0.15) is 26.3 Å². The average molecular weight is 194 g/mol. The lowest BCUT2D eigenvalue weighted by Crippen LogP contribution is -2.25. The molecule has 0 aliphatic carbocycles.